The Morgan fingerprint density at radius 3 is 2.33 bits per heavy atom. The lowest BCUT2D eigenvalue weighted by atomic mass is 9.75. The van der Waals surface area contributed by atoms with E-state index in [1.807, 2.05) is 0 Å². The molecule has 2 heteroatoms. The highest BCUT2D eigenvalue weighted by Crippen LogP contribution is 2.42. The maximum Gasteiger partial charge on any atom is 0.0187 e. The first-order valence-corrected chi connectivity index (χ1v) is 10.0. The van der Waals surface area contributed by atoms with Crippen LogP contribution in [0.15, 0.2) is 30.3 Å². The van der Waals surface area contributed by atoms with Crippen molar-refractivity contribution in [1.29, 1.82) is 0 Å². The van der Waals surface area contributed by atoms with Crippen LogP contribution in [0, 0.1) is 0 Å². The Morgan fingerprint density at radius 2 is 1.75 bits per heavy atom. The average molecular weight is 329 g/mol. The summed E-state index contributed by atoms with van der Waals surface area (Å²) in [5.41, 5.74) is 2.10. The van der Waals surface area contributed by atoms with Gasteiger partial charge in [0.2, 0.25) is 0 Å². The molecule has 2 aliphatic rings. The van der Waals surface area contributed by atoms with Gasteiger partial charge in [0.25, 0.3) is 0 Å². The van der Waals surface area contributed by atoms with E-state index in [0.29, 0.717) is 11.6 Å². The predicted molar refractivity (Wildman–Crippen MR) is 104 cm³/mol. The molecule has 24 heavy (non-hydrogen) atoms. The van der Waals surface area contributed by atoms with Gasteiger partial charge in [-0.25, -0.2) is 0 Å². The highest BCUT2D eigenvalue weighted by Gasteiger charge is 2.42. The summed E-state index contributed by atoms with van der Waals surface area (Å²) in [6.45, 7) is 9.25. The molecule has 0 amide bonds. The molecule has 0 saturated heterocycles. The van der Waals surface area contributed by atoms with Crippen molar-refractivity contribution in [3.05, 3.63) is 35.9 Å². The van der Waals surface area contributed by atoms with Crippen LogP contribution >= 0.6 is 0 Å². The van der Waals surface area contributed by atoms with Crippen molar-refractivity contribution in [2.75, 3.05) is 0 Å². The second-order valence-electron chi connectivity index (χ2n) is 9.21. The molecular formula is C22H36N2. The Kier molecular flexibility index (Phi) is 5.36. The van der Waals surface area contributed by atoms with Crippen LogP contribution in [-0.4, -0.2) is 23.2 Å². The molecule has 0 bridgehead atoms. The minimum atomic E-state index is 0.213. The van der Waals surface area contributed by atoms with Crippen molar-refractivity contribution in [1.82, 2.24) is 10.6 Å². The molecule has 0 heterocycles. The zero-order valence-corrected chi connectivity index (χ0v) is 16.1. The summed E-state index contributed by atoms with van der Waals surface area (Å²) < 4.78 is 0. The Hall–Kier alpha value is -0.860. The highest BCUT2D eigenvalue weighted by molar-refractivity contribution is 5.27. The van der Waals surface area contributed by atoms with Crippen molar-refractivity contribution in [3.63, 3.8) is 0 Å². The van der Waals surface area contributed by atoms with Gasteiger partial charge in [-0.3, -0.25) is 0 Å². The van der Waals surface area contributed by atoms with E-state index in [9.17, 15) is 0 Å². The highest BCUT2D eigenvalue weighted by atomic mass is 15.1. The lowest BCUT2D eigenvalue weighted by Gasteiger charge is -2.45. The van der Waals surface area contributed by atoms with E-state index < -0.39 is 0 Å². The monoisotopic (exact) mass is 328 g/mol. The van der Waals surface area contributed by atoms with Gasteiger partial charge in [0.15, 0.2) is 0 Å². The molecule has 0 aliphatic heterocycles. The summed E-state index contributed by atoms with van der Waals surface area (Å²) in [4.78, 5) is 0. The van der Waals surface area contributed by atoms with E-state index in [2.05, 4.69) is 68.7 Å². The summed E-state index contributed by atoms with van der Waals surface area (Å²) in [6.07, 6.45) is 9.19. The van der Waals surface area contributed by atoms with Crippen molar-refractivity contribution in [2.45, 2.75) is 102 Å². The van der Waals surface area contributed by atoms with Crippen molar-refractivity contribution in [3.8, 4) is 0 Å². The summed E-state index contributed by atoms with van der Waals surface area (Å²) in [5.74, 6) is 0.751. The zero-order chi connectivity index (χ0) is 17.2. The Labute approximate surface area is 148 Å². The van der Waals surface area contributed by atoms with E-state index in [-0.39, 0.29) is 5.54 Å². The van der Waals surface area contributed by atoms with Crippen LogP contribution in [0.1, 0.15) is 84.1 Å². The van der Waals surface area contributed by atoms with Crippen LogP contribution < -0.4 is 10.6 Å². The number of nitrogens with one attached hydrogen (secondary N) is 2. The van der Waals surface area contributed by atoms with Crippen LogP contribution in [0.5, 0.6) is 0 Å². The quantitative estimate of drug-likeness (QED) is 0.767. The van der Waals surface area contributed by atoms with E-state index in [4.69, 9.17) is 0 Å². The van der Waals surface area contributed by atoms with Crippen LogP contribution in [0.2, 0.25) is 0 Å². The van der Waals surface area contributed by atoms with Crippen molar-refractivity contribution < 1.29 is 0 Å². The zero-order valence-electron chi connectivity index (χ0n) is 16.1. The molecule has 2 N–H and O–H groups in total. The maximum atomic E-state index is 3.97. The third-order valence-electron chi connectivity index (χ3n) is 5.78. The summed E-state index contributed by atoms with van der Waals surface area (Å²) in [7, 11) is 0. The van der Waals surface area contributed by atoms with Gasteiger partial charge in [-0.1, -0.05) is 43.7 Å². The van der Waals surface area contributed by atoms with E-state index in [1.165, 1.54) is 50.5 Å². The number of benzene rings is 1. The number of hydrogen-bond donors (Lipinski definition) is 2. The second-order valence-corrected chi connectivity index (χ2v) is 9.21. The standard InChI is InChI=1S/C22H36N2/c1-5-13-22(24-21(2,3)4)14-11-18(12-15-22)23-20-16-19(20)17-9-7-6-8-10-17/h6-10,18-20,23-24H,5,11-16H2,1-4H3/t18-,19-,20+,22-/m1/s1. The fraction of sp³-hybridized carbons (Fsp3) is 0.727. The molecule has 0 radical (unpaired) electrons. The number of rotatable bonds is 6. The topological polar surface area (TPSA) is 24.1 Å². The Balaban J connectivity index is 1.50. The lowest BCUT2D eigenvalue weighted by Crippen LogP contribution is -2.57. The summed E-state index contributed by atoms with van der Waals surface area (Å²) in [6, 6.07) is 12.5. The Bertz CT molecular complexity index is 509. The smallest absolute Gasteiger partial charge is 0.0187 e. The van der Waals surface area contributed by atoms with Gasteiger partial charge in [0, 0.05) is 29.1 Å². The van der Waals surface area contributed by atoms with Crippen molar-refractivity contribution >= 4 is 0 Å². The van der Waals surface area contributed by atoms with Gasteiger partial charge in [0.1, 0.15) is 0 Å². The summed E-state index contributed by atoms with van der Waals surface area (Å²) >= 11 is 0. The van der Waals surface area contributed by atoms with E-state index >= 15 is 0 Å². The van der Waals surface area contributed by atoms with Crippen LogP contribution in [0.4, 0.5) is 0 Å². The van der Waals surface area contributed by atoms with Crippen LogP contribution in [-0.2, 0) is 0 Å². The molecular weight excluding hydrogens is 292 g/mol. The molecule has 2 aliphatic carbocycles. The van der Waals surface area contributed by atoms with Gasteiger partial charge in [-0.2, -0.15) is 0 Å². The molecule has 3 rings (SSSR count). The minimum absolute atomic E-state index is 0.213. The normalized spacial score (nSPS) is 33.4. The molecule has 2 atom stereocenters. The van der Waals surface area contributed by atoms with Crippen molar-refractivity contribution in [2.24, 2.45) is 0 Å². The first kappa shape index (κ1) is 17.9. The third-order valence-corrected chi connectivity index (χ3v) is 5.78. The molecule has 1 aromatic rings. The summed E-state index contributed by atoms with van der Waals surface area (Å²) in [5, 5.41) is 7.93. The lowest BCUT2D eigenvalue weighted by molar-refractivity contribution is 0.148. The first-order chi connectivity index (χ1) is 11.4. The fourth-order valence-electron chi connectivity index (χ4n) is 4.80. The maximum absolute atomic E-state index is 3.97. The molecule has 0 aromatic heterocycles. The van der Waals surface area contributed by atoms with Gasteiger partial charge >= 0.3 is 0 Å². The van der Waals surface area contributed by atoms with Gasteiger partial charge in [0.05, 0.1) is 0 Å². The predicted octanol–water partition coefficient (Wildman–Crippen LogP) is 5.00. The van der Waals surface area contributed by atoms with Crippen LogP contribution in [0.25, 0.3) is 0 Å². The molecule has 2 fully saturated rings. The second kappa shape index (κ2) is 7.17. The number of hydrogen-bond acceptors (Lipinski definition) is 2. The van der Waals surface area contributed by atoms with E-state index in [0.717, 1.165) is 12.0 Å². The van der Waals surface area contributed by atoms with Gasteiger partial charge < -0.3 is 10.6 Å². The van der Waals surface area contributed by atoms with Gasteiger partial charge in [-0.15, -0.1) is 0 Å². The average Bonchev–Trinajstić information content (AvgIpc) is 3.29. The minimum Gasteiger partial charge on any atom is -0.311 e. The first-order valence-electron chi connectivity index (χ1n) is 10.0. The molecule has 0 unspecified atom stereocenters. The SMILES string of the molecule is CCC[C@]1(NC(C)(C)C)CC[C@H](N[C@H]2C[C@@H]2c2ccccc2)CC1. The van der Waals surface area contributed by atoms with Gasteiger partial charge in [-0.05, 0) is 64.9 Å². The molecule has 1 aromatic carbocycles. The molecule has 2 saturated carbocycles. The third kappa shape index (κ3) is 4.61. The fourth-order valence-corrected chi connectivity index (χ4v) is 4.80. The Morgan fingerprint density at radius 1 is 1.08 bits per heavy atom. The van der Waals surface area contributed by atoms with E-state index in [1.54, 1.807) is 0 Å². The molecule has 134 valence electrons. The van der Waals surface area contributed by atoms with Crippen LogP contribution in [0.3, 0.4) is 0 Å². The molecule has 2 nitrogen and oxygen atoms in total. The molecule has 0 spiro atoms. The largest absolute Gasteiger partial charge is 0.311 e.